The highest BCUT2D eigenvalue weighted by Crippen LogP contribution is 2.36. The van der Waals surface area contributed by atoms with Crippen molar-refractivity contribution in [2.45, 2.75) is 20.4 Å². The maximum Gasteiger partial charge on any atom is 0.350 e. The molecule has 0 amide bonds. The van der Waals surface area contributed by atoms with Crippen molar-refractivity contribution in [1.82, 2.24) is 19.2 Å². The average Bonchev–Trinajstić information content (AvgIpc) is 3.10. The Kier molecular flexibility index (Phi) is 5.52. The summed E-state index contributed by atoms with van der Waals surface area (Å²) in [6.07, 6.45) is 1.81. The summed E-state index contributed by atoms with van der Waals surface area (Å²) in [6.45, 7) is 4.23. The molecule has 0 spiro atoms. The van der Waals surface area contributed by atoms with Gasteiger partial charge in [0.05, 0.1) is 6.54 Å². The molecule has 0 N–H and O–H groups in total. The van der Waals surface area contributed by atoms with Crippen LogP contribution in [0.2, 0.25) is 10.0 Å². The van der Waals surface area contributed by atoms with E-state index in [4.69, 9.17) is 23.2 Å². The van der Waals surface area contributed by atoms with Gasteiger partial charge in [-0.3, -0.25) is 4.98 Å². The molecular weight excluding hydrogens is 455 g/mol. The van der Waals surface area contributed by atoms with Crippen molar-refractivity contribution in [3.63, 3.8) is 0 Å². The quantitative estimate of drug-likeness (QED) is 0.311. The molecule has 0 atom stereocenters. The summed E-state index contributed by atoms with van der Waals surface area (Å²) in [5.41, 5.74) is 6.66. The summed E-state index contributed by atoms with van der Waals surface area (Å²) in [5.74, 6) is 0. The summed E-state index contributed by atoms with van der Waals surface area (Å²) in [4.78, 5) is 17.8. The lowest BCUT2D eigenvalue weighted by Gasteiger charge is -2.12. The number of nitrogens with zero attached hydrogens (tertiary/aromatic N) is 4. The maximum absolute atomic E-state index is 13.3. The second-order valence-corrected chi connectivity index (χ2v) is 8.80. The molecule has 7 heteroatoms. The maximum atomic E-state index is 13.3. The summed E-state index contributed by atoms with van der Waals surface area (Å²) in [7, 11) is 0. The largest absolute Gasteiger partial charge is 0.350 e. The van der Waals surface area contributed by atoms with E-state index in [1.54, 1.807) is 4.40 Å². The van der Waals surface area contributed by atoms with Gasteiger partial charge in [-0.05, 0) is 60.9 Å². The summed E-state index contributed by atoms with van der Waals surface area (Å²) < 4.78 is 3.03. The van der Waals surface area contributed by atoms with Gasteiger partial charge in [0.25, 0.3) is 0 Å². The van der Waals surface area contributed by atoms with E-state index in [9.17, 15) is 4.79 Å². The van der Waals surface area contributed by atoms with Crippen LogP contribution in [0.25, 0.3) is 27.9 Å². The van der Waals surface area contributed by atoms with Crippen molar-refractivity contribution in [2.24, 2.45) is 0 Å². The van der Waals surface area contributed by atoms with Crippen LogP contribution < -0.4 is 5.69 Å². The lowest BCUT2D eigenvalue weighted by Crippen LogP contribution is -2.22. The first kappa shape index (κ1) is 21.4. The van der Waals surface area contributed by atoms with Crippen LogP contribution >= 0.6 is 23.2 Å². The van der Waals surface area contributed by atoms with Crippen molar-refractivity contribution >= 4 is 28.8 Å². The van der Waals surface area contributed by atoms with Crippen LogP contribution in [-0.4, -0.2) is 19.2 Å². The molecule has 3 heterocycles. The van der Waals surface area contributed by atoms with E-state index >= 15 is 0 Å². The number of benzene rings is 2. The lowest BCUT2D eigenvalue weighted by atomic mass is 9.96. The number of aryl methyl sites for hydroxylation is 2. The van der Waals surface area contributed by atoms with Gasteiger partial charge < -0.3 is 0 Å². The molecular formula is C26H20Cl2N4O. The van der Waals surface area contributed by atoms with E-state index in [2.05, 4.69) is 10.1 Å². The Morgan fingerprint density at radius 1 is 0.879 bits per heavy atom. The number of fused-ring (bicyclic) bond motifs is 1. The van der Waals surface area contributed by atoms with Crippen molar-refractivity contribution in [2.75, 3.05) is 0 Å². The molecule has 33 heavy (non-hydrogen) atoms. The van der Waals surface area contributed by atoms with Gasteiger partial charge >= 0.3 is 5.69 Å². The van der Waals surface area contributed by atoms with Crippen molar-refractivity contribution in [3.05, 3.63) is 110 Å². The Bertz CT molecular complexity index is 1550. The van der Waals surface area contributed by atoms with Crippen molar-refractivity contribution < 1.29 is 0 Å². The average molecular weight is 475 g/mol. The number of aromatic nitrogens is 4. The predicted molar refractivity (Wildman–Crippen MR) is 133 cm³/mol. The lowest BCUT2D eigenvalue weighted by molar-refractivity contribution is 0.653. The van der Waals surface area contributed by atoms with Crippen LogP contribution in [0.3, 0.4) is 0 Å². The SMILES string of the molecule is Cc1ccc(Cn2nc3cc(-c4ccc(Cl)cc4)c(-c4ccccc4Cl)cn3c2=O)c(C)n1. The number of rotatable bonds is 4. The molecule has 2 aromatic carbocycles. The highest BCUT2D eigenvalue weighted by atomic mass is 35.5. The Balaban J connectivity index is 1.71. The van der Waals surface area contributed by atoms with Gasteiger partial charge in [-0.2, -0.15) is 0 Å². The second kappa shape index (κ2) is 8.50. The van der Waals surface area contributed by atoms with Crippen LogP contribution in [-0.2, 0) is 6.54 Å². The fourth-order valence-electron chi connectivity index (χ4n) is 3.97. The Morgan fingerprint density at radius 3 is 2.36 bits per heavy atom. The first-order chi connectivity index (χ1) is 15.9. The standard InChI is InChI=1S/C26H20Cl2N4O/c1-16-7-8-19(17(2)29-16)14-32-26(33)31-15-23(21-5-3-4-6-24(21)28)22(13-25(31)30-32)18-9-11-20(27)12-10-18/h3-13,15H,14H2,1-2H3. The van der Waals surface area contributed by atoms with Gasteiger partial charge in [-0.25, -0.2) is 13.9 Å². The molecule has 5 aromatic rings. The van der Waals surface area contributed by atoms with Gasteiger partial charge in [0.2, 0.25) is 0 Å². The van der Waals surface area contributed by atoms with Crippen LogP contribution in [0, 0.1) is 13.8 Å². The molecule has 0 aliphatic heterocycles. The van der Waals surface area contributed by atoms with Crippen LogP contribution in [0.4, 0.5) is 0 Å². The van der Waals surface area contributed by atoms with Gasteiger partial charge in [0, 0.05) is 38.8 Å². The minimum atomic E-state index is -0.221. The van der Waals surface area contributed by atoms with E-state index < -0.39 is 0 Å². The van der Waals surface area contributed by atoms with E-state index in [0.29, 0.717) is 22.2 Å². The van der Waals surface area contributed by atoms with Crippen molar-refractivity contribution in [1.29, 1.82) is 0 Å². The first-order valence-corrected chi connectivity index (χ1v) is 11.2. The molecule has 0 aliphatic rings. The topological polar surface area (TPSA) is 52.2 Å². The third-order valence-electron chi connectivity index (χ3n) is 5.69. The van der Waals surface area contributed by atoms with Crippen LogP contribution in [0.15, 0.2) is 77.7 Å². The third-order valence-corrected chi connectivity index (χ3v) is 6.27. The molecule has 5 nitrogen and oxygen atoms in total. The third kappa shape index (κ3) is 4.06. The van der Waals surface area contributed by atoms with Crippen LogP contribution in [0.5, 0.6) is 0 Å². The molecule has 0 unspecified atom stereocenters. The molecule has 0 bridgehead atoms. The highest BCUT2D eigenvalue weighted by Gasteiger charge is 2.16. The molecule has 3 aromatic heterocycles. The summed E-state index contributed by atoms with van der Waals surface area (Å²) in [5, 5.41) is 5.87. The zero-order chi connectivity index (χ0) is 23.1. The monoisotopic (exact) mass is 474 g/mol. The van der Waals surface area contributed by atoms with Gasteiger partial charge in [0.1, 0.15) is 0 Å². The van der Waals surface area contributed by atoms with Gasteiger partial charge in [-0.15, -0.1) is 5.10 Å². The van der Waals surface area contributed by atoms with E-state index in [0.717, 1.165) is 39.2 Å². The highest BCUT2D eigenvalue weighted by molar-refractivity contribution is 6.33. The van der Waals surface area contributed by atoms with E-state index in [-0.39, 0.29) is 5.69 Å². The number of pyridine rings is 2. The number of hydrogen-bond donors (Lipinski definition) is 0. The number of halogens is 2. The first-order valence-electron chi connectivity index (χ1n) is 10.5. The molecule has 0 saturated heterocycles. The molecule has 5 rings (SSSR count). The minimum Gasteiger partial charge on any atom is -0.258 e. The Hall–Kier alpha value is -3.41. The van der Waals surface area contributed by atoms with E-state index in [1.807, 2.05) is 86.8 Å². The zero-order valence-electron chi connectivity index (χ0n) is 18.1. The Morgan fingerprint density at radius 2 is 1.64 bits per heavy atom. The van der Waals surface area contributed by atoms with Crippen LogP contribution in [0.1, 0.15) is 17.0 Å². The molecule has 0 fully saturated rings. The fourth-order valence-corrected chi connectivity index (χ4v) is 4.34. The summed E-state index contributed by atoms with van der Waals surface area (Å²) >= 11 is 12.7. The zero-order valence-corrected chi connectivity index (χ0v) is 19.6. The number of hydrogen-bond acceptors (Lipinski definition) is 3. The molecule has 0 aliphatic carbocycles. The normalized spacial score (nSPS) is 11.3. The fraction of sp³-hybridized carbons (Fsp3) is 0.115. The summed E-state index contributed by atoms with van der Waals surface area (Å²) in [6, 6.07) is 21.0. The van der Waals surface area contributed by atoms with Gasteiger partial charge in [0.15, 0.2) is 5.65 Å². The molecule has 0 radical (unpaired) electrons. The predicted octanol–water partition coefficient (Wildman–Crippen LogP) is 6.20. The molecule has 0 saturated carbocycles. The smallest absolute Gasteiger partial charge is 0.258 e. The van der Waals surface area contributed by atoms with Gasteiger partial charge in [-0.1, -0.05) is 59.6 Å². The van der Waals surface area contributed by atoms with E-state index in [1.165, 1.54) is 4.68 Å². The minimum absolute atomic E-state index is 0.221. The van der Waals surface area contributed by atoms with Crippen molar-refractivity contribution in [3.8, 4) is 22.3 Å². The Labute approximate surface area is 200 Å². The second-order valence-electron chi connectivity index (χ2n) is 7.95. The molecule has 164 valence electrons.